The average molecular weight is 366 g/mol. The third kappa shape index (κ3) is 3.63. The first-order chi connectivity index (χ1) is 12.3. The third-order valence-corrected chi connectivity index (χ3v) is 4.66. The SMILES string of the molecule is O=C(CCN1C(=O)[C@H]2CC=CC[C@H]2C1=O)Nc1ccc(C(F)(F)F)cc1. The van der Waals surface area contributed by atoms with Crippen LogP contribution in [0.3, 0.4) is 0 Å². The molecule has 1 aromatic rings. The number of carbonyl (C=O) groups is 3. The highest BCUT2D eigenvalue weighted by Gasteiger charge is 2.46. The highest BCUT2D eigenvalue weighted by Crippen LogP contribution is 2.35. The van der Waals surface area contributed by atoms with Crippen LogP contribution >= 0.6 is 0 Å². The van der Waals surface area contributed by atoms with E-state index in [-0.39, 0.29) is 42.3 Å². The Hall–Kier alpha value is -2.64. The monoisotopic (exact) mass is 366 g/mol. The Morgan fingerprint density at radius 1 is 1.04 bits per heavy atom. The largest absolute Gasteiger partial charge is 0.416 e. The van der Waals surface area contributed by atoms with Gasteiger partial charge < -0.3 is 5.32 Å². The zero-order valence-corrected chi connectivity index (χ0v) is 13.8. The van der Waals surface area contributed by atoms with E-state index in [9.17, 15) is 27.6 Å². The number of alkyl halides is 3. The number of rotatable bonds is 4. The van der Waals surface area contributed by atoms with E-state index in [0.717, 1.165) is 29.2 Å². The summed E-state index contributed by atoms with van der Waals surface area (Å²) in [4.78, 5) is 37.7. The van der Waals surface area contributed by atoms with Gasteiger partial charge in [0.15, 0.2) is 0 Å². The molecule has 3 amide bonds. The fourth-order valence-corrected chi connectivity index (χ4v) is 3.27. The lowest BCUT2D eigenvalue weighted by Gasteiger charge is -2.14. The molecule has 1 saturated heterocycles. The summed E-state index contributed by atoms with van der Waals surface area (Å²) in [7, 11) is 0. The Balaban J connectivity index is 1.54. The minimum absolute atomic E-state index is 0.0306. The Labute approximate surface area is 147 Å². The molecule has 26 heavy (non-hydrogen) atoms. The second kappa shape index (κ2) is 6.93. The number of amides is 3. The van der Waals surface area contributed by atoms with Crippen LogP contribution < -0.4 is 5.32 Å². The van der Waals surface area contributed by atoms with Crippen molar-refractivity contribution in [3.8, 4) is 0 Å². The van der Waals surface area contributed by atoms with Crippen molar-refractivity contribution in [3.63, 3.8) is 0 Å². The maximum Gasteiger partial charge on any atom is 0.416 e. The van der Waals surface area contributed by atoms with Crippen molar-refractivity contribution < 1.29 is 27.6 Å². The Bertz CT molecular complexity index is 730. The van der Waals surface area contributed by atoms with E-state index < -0.39 is 17.6 Å². The summed E-state index contributed by atoms with van der Waals surface area (Å²) in [6.45, 7) is -0.0306. The van der Waals surface area contributed by atoms with E-state index in [1.165, 1.54) is 0 Å². The molecule has 2 atom stereocenters. The maximum absolute atomic E-state index is 12.5. The molecule has 138 valence electrons. The quantitative estimate of drug-likeness (QED) is 0.658. The lowest BCUT2D eigenvalue weighted by Crippen LogP contribution is -2.34. The van der Waals surface area contributed by atoms with Gasteiger partial charge in [0.1, 0.15) is 0 Å². The van der Waals surface area contributed by atoms with Crippen LogP contribution in [0.1, 0.15) is 24.8 Å². The van der Waals surface area contributed by atoms with Crippen LogP contribution in [0.2, 0.25) is 0 Å². The maximum atomic E-state index is 12.5. The van der Waals surface area contributed by atoms with Gasteiger partial charge in [-0.3, -0.25) is 19.3 Å². The molecular weight excluding hydrogens is 349 g/mol. The highest BCUT2D eigenvalue weighted by atomic mass is 19.4. The molecule has 2 aliphatic rings. The van der Waals surface area contributed by atoms with Crippen LogP contribution in [-0.4, -0.2) is 29.2 Å². The molecule has 1 aliphatic carbocycles. The summed E-state index contributed by atoms with van der Waals surface area (Å²) >= 11 is 0. The summed E-state index contributed by atoms with van der Waals surface area (Å²) in [5.41, 5.74) is -0.583. The standard InChI is InChI=1S/C18H17F3N2O3/c19-18(20,21)11-5-7-12(8-6-11)22-15(24)9-10-23-16(25)13-3-1-2-4-14(13)17(23)26/h1-2,5-8,13-14H,3-4,9-10H2,(H,22,24)/t13-,14+. The minimum Gasteiger partial charge on any atom is -0.326 e. The summed E-state index contributed by atoms with van der Waals surface area (Å²) in [5.74, 6) is -1.67. The predicted octanol–water partition coefficient (Wildman–Crippen LogP) is 2.99. The number of hydrogen-bond donors (Lipinski definition) is 1. The predicted molar refractivity (Wildman–Crippen MR) is 86.8 cm³/mol. The van der Waals surface area contributed by atoms with Gasteiger partial charge in [0.05, 0.1) is 17.4 Å². The van der Waals surface area contributed by atoms with E-state index >= 15 is 0 Å². The van der Waals surface area contributed by atoms with Crippen LogP contribution in [0.4, 0.5) is 18.9 Å². The van der Waals surface area contributed by atoms with Crippen molar-refractivity contribution in [2.45, 2.75) is 25.4 Å². The van der Waals surface area contributed by atoms with Crippen molar-refractivity contribution >= 4 is 23.4 Å². The first-order valence-corrected chi connectivity index (χ1v) is 8.24. The molecule has 1 fully saturated rings. The molecule has 0 aromatic heterocycles. The number of likely N-dealkylation sites (tertiary alicyclic amines) is 1. The molecule has 3 rings (SSSR count). The van der Waals surface area contributed by atoms with Gasteiger partial charge in [-0.25, -0.2) is 0 Å². The minimum atomic E-state index is -4.44. The van der Waals surface area contributed by atoms with Crippen molar-refractivity contribution in [1.29, 1.82) is 0 Å². The number of hydrogen-bond acceptors (Lipinski definition) is 3. The number of fused-ring (bicyclic) bond motifs is 1. The van der Waals surface area contributed by atoms with Gasteiger partial charge in [-0.15, -0.1) is 0 Å². The Morgan fingerprint density at radius 2 is 1.58 bits per heavy atom. The number of nitrogens with zero attached hydrogens (tertiary/aromatic N) is 1. The van der Waals surface area contributed by atoms with Gasteiger partial charge in [-0.2, -0.15) is 13.2 Å². The Kier molecular flexibility index (Phi) is 4.84. The Morgan fingerprint density at radius 3 is 2.08 bits per heavy atom. The van der Waals surface area contributed by atoms with E-state index in [1.807, 2.05) is 12.2 Å². The van der Waals surface area contributed by atoms with Gasteiger partial charge >= 0.3 is 6.18 Å². The molecule has 0 bridgehead atoms. The van der Waals surface area contributed by atoms with Crippen molar-refractivity contribution in [1.82, 2.24) is 4.90 Å². The second-order valence-electron chi connectivity index (χ2n) is 6.36. The molecule has 1 aromatic carbocycles. The third-order valence-electron chi connectivity index (χ3n) is 4.66. The van der Waals surface area contributed by atoms with Crippen LogP contribution in [0.5, 0.6) is 0 Å². The van der Waals surface area contributed by atoms with Gasteiger partial charge in [0.25, 0.3) is 0 Å². The topological polar surface area (TPSA) is 66.5 Å². The number of imide groups is 1. The number of carbonyl (C=O) groups excluding carboxylic acids is 3. The van der Waals surface area contributed by atoms with E-state index in [4.69, 9.17) is 0 Å². The van der Waals surface area contributed by atoms with Crippen LogP contribution in [0.25, 0.3) is 0 Å². The first kappa shape index (κ1) is 18.2. The van der Waals surface area contributed by atoms with E-state index in [2.05, 4.69) is 5.32 Å². The van der Waals surface area contributed by atoms with E-state index in [0.29, 0.717) is 12.8 Å². The normalized spacial score (nSPS) is 22.5. The number of benzene rings is 1. The fraction of sp³-hybridized carbons (Fsp3) is 0.389. The average Bonchev–Trinajstić information content (AvgIpc) is 2.84. The van der Waals surface area contributed by atoms with Crippen LogP contribution in [0.15, 0.2) is 36.4 Å². The number of anilines is 1. The van der Waals surface area contributed by atoms with E-state index in [1.54, 1.807) is 0 Å². The zero-order chi connectivity index (χ0) is 18.9. The molecule has 8 heteroatoms. The summed E-state index contributed by atoms with van der Waals surface area (Å²) < 4.78 is 37.5. The second-order valence-corrected chi connectivity index (χ2v) is 6.36. The zero-order valence-electron chi connectivity index (χ0n) is 13.8. The number of allylic oxidation sites excluding steroid dienone is 2. The smallest absolute Gasteiger partial charge is 0.326 e. The summed E-state index contributed by atoms with van der Waals surface area (Å²) in [6, 6.07) is 4.07. The molecular formula is C18H17F3N2O3. The molecule has 1 aliphatic heterocycles. The molecule has 0 saturated carbocycles. The lowest BCUT2D eigenvalue weighted by atomic mass is 9.85. The van der Waals surface area contributed by atoms with Crippen LogP contribution in [0, 0.1) is 11.8 Å². The van der Waals surface area contributed by atoms with Gasteiger partial charge in [-0.05, 0) is 37.1 Å². The molecule has 0 radical (unpaired) electrons. The summed E-state index contributed by atoms with van der Waals surface area (Å²) in [6.07, 6.45) is 0.281. The highest BCUT2D eigenvalue weighted by molar-refractivity contribution is 6.05. The van der Waals surface area contributed by atoms with Gasteiger partial charge in [-0.1, -0.05) is 12.2 Å². The van der Waals surface area contributed by atoms with Gasteiger partial charge in [0.2, 0.25) is 17.7 Å². The molecule has 1 heterocycles. The number of halogens is 3. The fourth-order valence-electron chi connectivity index (χ4n) is 3.27. The molecule has 5 nitrogen and oxygen atoms in total. The van der Waals surface area contributed by atoms with Crippen LogP contribution in [-0.2, 0) is 20.6 Å². The van der Waals surface area contributed by atoms with Crippen molar-refractivity contribution in [3.05, 3.63) is 42.0 Å². The number of nitrogens with one attached hydrogen (secondary N) is 1. The molecule has 1 N–H and O–H groups in total. The summed E-state index contributed by atoms with van der Waals surface area (Å²) in [5, 5.41) is 2.47. The van der Waals surface area contributed by atoms with Crippen molar-refractivity contribution in [2.24, 2.45) is 11.8 Å². The lowest BCUT2D eigenvalue weighted by molar-refractivity contribution is -0.140. The first-order valence-electron chi connectivity index (χ1n) is 8.24. The van der Waals surface area contributed by atoms with Crippen molar-refractivity contribution in [2.75, 3.05) is 11.9 Å². The van der Waals surface area contributed by atoms with Gasteiger partial charge in [0, 0.05) is 18.7 Å². The molecule has 0 spiro atoms. The molecule has 0 unspecified atom stereocenters.